The smallest absolute Gasteiger partial charge is 0.239 e. The molecule has 0 spiro atoms. The summed E-state index contributed by atoms with van der Waals surface area (Å²) in [7, 11) is 0. The summed E-state index contributed by atoms with van der Waals surface area (Å²) >= 11 is 0. The van der Waals surface area contributed by atoms with Crippen molar-refractivity contribution in [2.24, 2.45) is 0 Å². The predicted molar refractivity (Wildman–Crippen MR) is 79.1 cm³/mol. The van der Waals surface area contributed by atoms with Gasteiger partial charge in [0.05, 0.1) is 13.1 Å². The third-order valence-corrected chi connectivity index (χ3v) is 2.89. The van der Waals surface area contributed by atoms with Gasteiger partial charge in [-0.25, -0.2) is 8.78 Å². The van der Waals surface area contributed by atoms with E-state index in [2.05, 4.69) is 16.0 Å². The van der Waals surface area contributed by atoms with Crippen molar-refractivity contribution in [2.45, 2.75) is 32.9 Å². The molecule has 0 saturated heterocycles. The Morgan fingerprint density at radius 3 is 2.36 bits per heavy atom. The first-order valence-electron chi connectivity index (χ1n) is 7.04. The first kappa shape index (κ1) is 18.0. The number of carbonyl (C=O) groups is 2. The lowest BCUT2D eigenvalue weighted by atomic mass is 10.1. The molecule has 0 saturated carbocycles. The van der Waals surface area contributed by atoms with E-state index in [4.69, 9.17) is 0 Å². The second kappa shape index (κ2) is 8.43. The van der Waals surface area contributed by atoms with Gasteiger partial charge in [-0.05, 0) is 26.8 Å². The van der Waals surface area contributed by atoms with E-state index in [9.17, 15) is 18.4 Å². The van der Waals surface area contributed by atoms with Crippen LogP contribution in [0.15, 0.2) is 18.2 Å². The van der Waals surface area contributed by atoms with Crippen LogP contribution in [-0.4, -0.2) is 30.9 Å². The lowest BCUT2D eigenvalue weighted by Crippen LogP contribution is -2.42. The zero-order chi connectivity index (χ0) is 16.7. The fraction of sp³-hybridized carbons (Fsp3) is 0.467. The van der Waals surface area contributed by atoms with Crippen LogP contribution in [0, 0.1) is 11.6 Å². The average molecular weight is 313 g/mol. The molecule has 0 aromatic heterocycles. The molecule has 5 nitrogen and oxygen atoms in total. The quantitative estimate of drug-likeness (QED) is 0.710. The van der Waals surface area contributed by atoms with E-state index in [0.29, 0.717) is 0 Å². The van der Waals surface area contributed by atoms with Gasteiger partial charge in [-0.15, -0.1) is 0 Å². The molecule has 1 aromatic rings. The Hall–Kier alpha value is -2.02. The molecule has 0 unspecified atom stereocenters. The van der Waals surface area contributed by atoms with Gasteiger partial charge in [-0.1, -0.05) is 6.07 Å². The van der Waals surface area contributed by atoms with Crippen molar-refractivity contribution in [2.75, 3.05) is 13.1 Å². The highest BCUT2D eigenvalue weighted by Crippen LogP contribution is 2.17. The molecule has 0 bridgehead atoms. The molecule has 1 atom stereocenters. The molecular weight excluding hydrogens is 292 g/mol. The fourth-order valence-corrected chi connectivity index (χ4v) is 1.82. The lowest BCUT2D eigenvalue weighted by molar-refractivity contribution is -0.125. The van der Waals surface area contributed by atoms with Gasteiger partial charge in [0.15, 0.2) is 0 Å². The highest BCUT2D eigenvalue weighted by molar-refractivity contribution is 5.85. The van der Waals surface area contributed by atoms with E-state index in [0.717, 1.165) is 12.1 Å². The standard InChI is InChI=1S/C15H21F2N3O2/c1-9(2)20-15(22)8-19-14(21)7-18-10(3)12-5-4-11(16)6-13(12)17/h4-6,9-10,18H,7-8H2,1-3H3,(H,19,21)(H,20,22)/t10-/m0/s1. The maximum absolute atomic E-state index is 13.6. The Bertz CT molecular complexity index is 536. The summed E-state index contributed by atoms with van der Waals surface area (Å²) in [6, 6.07) is 2.83. The largest absolute Gasteiger partial charge is 0.352 e. The topological polar surface area (TPSA) is 70.2 Å². The number of nitrogens with one attached hydrogen (secondary N) is 3. The summed E-state index contributed by atoms with van der Waals surface area (Å²) in [5.74, 6) is -1.98. The van der Waals surface area contributed by atoms with Crippen molar-refractivity contribution in [3.8, 4) is 0 Å². The molecule has 0 aliphatic heterocycles. The number of carbonyl (C=O) groups excluding carboxylic acids is 2. The van der Waals surface area contributed by atoms with Crippen LogP contribution in [0.25, 0.3) is 0 Å². The maximum Gasteiger partial charge on any atom is 0.239 e. The van der Waals surface area contributed by atoms with Crippen LogP contribution in [0.2, 0.25) is 0 Å². The van der Waals surface area contributed by atoms with E-state index >= 15 is 0 Å². The molecule has 0 fully saturated rings. The Morgan fingerprint density at radius 1 is 1.09 bits per heavy atom. The molecule has 0 aliphatic rings. The van der Waals surface area contributed by atoms with Crippen LogP contribution in [0.4, 0.5) is 8.78 Å². The van der Waals surface area contributed by atoms with Crippen LogP contribution >= 0.6 is 0 Å². The van der Waals surface area contributed by atoms with Gasteiger partial charge in [0.25, 0.3) is 0 Å². The number of halogens is 2. The molecule has 0 heterocycles. The zero-order valence-corrected chi connectivity index (χ0v) is 12.9. The van der Waals surface area contributed by atoms with Crippen LogP contribution < -0.4 is 16.0 Å². The number of hydrogen-bond acceptors (Lipinski definition) is 3. The molecule has 122 valence electrons. The van der Waals surface area contributed by atoms with Crippen LogP contribution in [0.1, 0.15) is 32.4 Å². The van der Waals surface area contributed by atoms with Crippen LogP contribution in [-0.2, 0) is 9.59 Å². The van der Waals surface area contributed by atoms with Crippen molar-refractivity contribution in [1.82, 2.24) is 16.0 Å². The van der Waals surface area contributed by atoms with E-state index in [-0.39, 0.29) is 36.5 Å². The van der Waals surface area contributed by atoms with Crippen LogP contribution in [0.5, 0.6) is 0 Å². The van der Waals surface area contributed by atoms with Crippen molar-refractivity contribution in [3.05, 3.63) is 35.4 Å². The highest BCUT2D eigenvalue weighted by atomic mass is 19.1. The summed E-state index contributed by atoms with van der Waals surface area (Å²) < 4.78 is 26.4. The van der Waals surface area contributed by atoms with E-state index in [1.54, 1.807) is 6.92 Å². The maximum atomic E-state index is 13.6. The molecule has 7 heteroatoms. The minimum atomic E-state index is -0.670. The summed E-state index contributed by atoms with van der Waals surface area (Å²) in [5, 5.41) is 7.91. The van der Waals surface area contributed by atoms with Gasteiger partial charge < -0.3 is 16.0 Å². The molecular formula is C15H21F2N3O2. The SMILES string of the molecule is CC(C)NC(=O)CNC(=O)CN[C@@H](C)c1ccc(F)cc1F. The molecule has 22 heavy (non-hydrogen) atoms. The van der Waals surface area contributed by atoms with Crippen LogP contribution in [0.3, 0.4) is 0 Å². The molecule has 1 rings (SSSR count). The third kappa shape index (κ3) is 6.17. The normalized spacial score (nSPS) is 12.1. The average Bonchev–Trinajstić information content (AvgIpc) is 2.41. The number of rotatable bonds is 7. The van der Waals surface area contributed by atoms with E-state index in [1.165, 1.54) is 6.07 Å². The first-order valence-corrected chi connectivity index (χ1v) is 7.04. The van der Waals surface area contributed by atoms with Gasteiger partial charge in [-0.3, -0.25) is 9.59 Å². The van der Waals surface area contributed by atoms with Gasteiger partial charge in [-0.2, -0.15) is 0 Å². The lowest BCUT2D eigenvalue weighted by Gasteiger charge is -2.15. The number of amides is 2. The summed E-state index contributed by atoms with van der Waals surface area (Å²) in [5.41, 5.74) is 0.270. The minimum Gasteiger partial charge on any atom is -0.352 e. The molecule has 1 aromatic carbocycles. The van der Waals surface area contributed by atoms with Crippen molar-refractivity contribution in [3.63, 3.8) is 0 Å². The summed E-state index contributed by atoms with van der Waals surface area (Å²) in [6.07, 6.45) is 0. The Morgan fingerprint density at radius 2 is 1.77 bits per heavy atom. The monoisotopic (exact) mass is 313 g/mol. The van der Waals surface area contributed by atoms with Gasteiger partial charge in [0.1, 0.15) is 11.6 Å². The van der Waals surface area contributed by atoms with Crippen molar-refractivity contribution < 1.29 is 18.4 Å². The summed E-state index contributed by atoms with van der Waals surface area (Å²) in [6.45, 7) is 5.11. The number of hydrogen-bond donors (Lipinski definition) is 3. The highest BCUT2D eigenvalue weighted by Gasteiger charge is 2.13. The Kier molecular flexibility index (Phi) is 6.91. The van der Waals surface area contributed by atoms with E-state index in [1.807, 2.05) is 13.8 Å². The van der Waals surface area contributed by atoms with E-state index < -0.39 is 17.7 Å². The second-order valence-electron chi connectivity index (χ2n) is 5.27. The third-order valence-electron chi connectivity index (χ3n) is 2.89. The minimum absolute atomic E-state index is 0.00370. The molecule has 2 amide bonds. The van der Waals surface area contributed by atoms with Gasteiger partial charge in [0.2, 0.25) is 11.8 Å². The Balaban J connectivity index is 2.38. The molecule has 0 aliphatic carbocycles. The first-order chi connectivity index (χ1) is 10.3. The van der Waals surface area contributed by atoms with Gasteiger partial charge >= 0.3 is 0 Å². The van der Waals surface area contributed by atoms with Gasteiger partial charge in [0, 0.05) is 23.7 Å². The summed E-state index contributed by atoms with van der Waals surface area (Å²) in [4.78, 5) is 23.0. The number of benzene rings is 1. The second-order valence-corrected chi connectivity index (χ2v) is 5.27. The van der Waals surface area contributed by atoms with Crippen molar-refractivity contribution >= 4 is 11.8 Å². The predicted octanol–water partition coefficient (Wildman–Crippen LogP) is 1.26. The molecule has 3 N–H and O–H groups in total. The Labute approximate surface area is 128 Å². The van der Waals surface area contributed by atoms with Crippen molar-refractivity contribution in [1.29, 1.82) is 0 Å². The molecule has 0 radical (unpaired) electrons. The zero-order valence-electron chi connectivity index (χ0n) is 12.9. The fourth-order valence-electron chi connectivity index (χ4n) is 1.82.